The lowest BCUT2D eigenvalue weighted by molar-refractivity contribution is 0.424. The van der Waals surface area contributed by atoms with Crippen LogP contribution in [0.15, 0.2) is 41.0 Å². The SMILES string of the molecule is CN(Cc1ccco1)c1ccc(CNC(C)(C)C)c(Cl)c1. The fourth-order valence-electron chi connectivity index (χ4n) is 2.01. The number of rotatable bonds is 5. The summed E-state index contributed by atoms with van der Waals surface area (Å²) in [6.45, 7) is 7.93. The lowest BCUT2D eigenvalue weighted by atomic mass is 10.1. The Labute approximate surface area is 131 Å². The molecule has 0 bridgehead atoms. The molecule has 0 aliphatic rings. The Bertz CT molecular complexity index is 573. The third-order valence-corrected chi connectivity index (χ3v) is 3.61. The maximum atomic E-state index is 6.39. The molecule has 0 saturated heterocycles. The van der Waals surface area contributed by atoms with E-state index in [1.165, 1.54) is 0 Å². The summed E-state index contributed by atoms with van der Waals surface area (Å²) in [4.78, 5) is 2.12. The van der Waals surface area contributed by atoms with Crippen molar-refractivity contribution in [2.45, 2.75) is 39.4 Å². The lowest BCUT2D eigenvalue weighted by Crippen LogP contribution is -2.35. The number of hydrogen-bond acceptors (Lipinski definition) is 3. The van der Waals surface area contributed by atoms with E-state index in [0.29, 0.717) is 0 Å². The topological polar surface area (TPSA) is 28.4 Å². The van der Waals surface area contributed by atoms with Gasteiger partial charge in [-0.2, -0.15) is 0 Å². The highest BCUT2D eigenvalue weighted by atomic mass is 35.5. The van der Waals surface area contributed by atoms with Gasteiger partial charge in [-0.1, -0.05) is 17.7 Å². The molecule has 2 aromatic rings. The molecule has 2 rings (SSSR count). The first-order chi connectivity index (χ1) is 9.85. The minimum absolute atomic E-state index is 0.0814. The van der Waals surface area contributed by atoms with E-state index in [-0.39, 0.29) is 5.54 Å². The van der Waals surface area contributed by atoms with Gasteiger partial charge in [0, 0.05) is 29.8 Å². The second-order valence-corrected chi connectivity index (χ2v) is 6.72. The predicted octanol–water partition coefficient (Wildman–Crippen LogP) is 4.46. The first-order valence-electron chi connectivity index (χ1n) is 7.12. The highest BCUT2D eigenvalue weighted by Crippen LogP contribution is 2.24. The number of furan rings is 1. The zero-order chi connectivity index (χ0) is 15.5. The van der Waals surface area contributed by atoms with E-state index < -0.39 is 0 Å². The normalized spacial score (nSPS) is 11.7. The molecule has 0 aliphatic carbocycles. The molecule has 0 radical (unpaired) electrons. The average molecular weight is 307 g/mol. The zero-order valence-electron chi connectivity index (χ0n) is 13.1. The van der Waals surface area contributed by atoms with Crippen LogP contribution in [0.25, 0.3) is 0 Å². The minimum Gasteiger partial charge on any atom is -0.467 e. The van der Waals surface area contributed by atoms with E-state index in [0.717, 1.165) is 35.1 Å². The van der Waals surface area contributed by atoms with Gasteiger partial charge in [-0.3, -0.25) is 0 Å². The minimum atomic E-state index is 0.0814. The highest BCUT2D eigenvalue weighted by molar-refractivity contribution is 6.31. The van der Waals surface area contributed by atoms with E-state index in [2.05, 4.69) is 43.1 Å². The van der Waals surface area contributed by atoms with Gasteiger partial charge in [0.15, 0.2) is 0 Å². The van der Waals surface area contributed by atoms with Crippen molar-refractivity contribution in [3.05, 3.63) is 52.9 Å². The third-order valence-electron chi connectivity index (χ3n) is 3.26. The Morgan fingerprint density at radius 1 is 1.24 bits per heavy atom. The molecule has 0 aliphatic heterocycles. The number of nitrogens with zero attached hydrogens (tertiary/aromatic N) is 1. The number of anilines is 1. The van der Waals surface area contributed by atoms with E-state index in [4.69, 9.17) is 16.0 Å². The Morgan fingerprint density at radius 2 is 2.00 bits per heavy atom. The first kappa shape index (κ1) is 15.9. The van der Waals surface area contributed by atoms with Crippen molar-refractivity contribution < 1.29 is 4.42 Å². The molecule has 1 N–H and O–H groups in total. The molecular formula is C17H23ClN2O. The predicted molar refractivity (Wildman–Crippen MR) is 88.9 cm³/mol. The van der Waals surface area contributed by atoms with Gasteiger partial charge in [-0.05, 0) is 50.6 Å². The molecule has 1 aromatic carbocycles. The van der Waals surface area contributed by atoms with Crippen molar-refractivity contribution >= 4 is 17.3 Å². The van der Waals surface area contributed by atoms with Crippen molar-refractivity contribution in [2.75, 3.05) is 11.9 Å². The average Bonchev–Trinajstić information content (AvgIpc) is 2.89. The fourth-order valence-corrected chi connectivity index (χ4v) is 2.25. The van der Waals surface area contributed by atoms with Crippen LogP contribution in [0.1, 0.15) is 32.1 Å². The van der Waals surface area contributed by atoms with Gasteiger partial charge < -0.3 is 14.6 Å². The number of halogens is 1. The summed E-state index contributed by atoms with van der Waals surface area (Å²) < 4.78 is 5.37. The molecule has 21 heavy (non-hydrogen) atoms. The van der Waals surface area contributed by atoms with Crippen molar-refractivity contribution in [3.8, 4) is 0 Å². The summed E-state index contributed by atoms with van der Waals surface area (Å²) in [5.74, 6) is 0.937. The monoisotopic (exact) mass is 306 g/mol. The number of benzene rings is 1. The molecule has 0 saturated carbocycles. The summed E-state index contributed by atoms with van der Waals surface area (Å²) in [6.07, 6.45) is 1.69. The van der Waals surface area contributed by atoms with Gasteiger partial charge in [0.25, 0.3) is 0 Å². The van der Waals surface area contributed by atoms with Crippen molar-refractivity contribution in [2.24, 2.45) is 0 Å². The van der Waals surface area contributed by atoms with Crippen LogP contribution < -0.4 is 10.2 Å². The summed E-state index contributed by atoms with van der Waals surface area (Å²) >= 11 is 6.39. The molecule has 1 aromatic heterocycles. The van der Waals surface area contributed by atoms with Gasteiger partial charge in [0.2, 0.25) is 0 Å². The maximum Gasteiger partial charge on any atom is 0.123 e. The van der Waals surface area contributed by atoms with Gasteiger partial charge in [-0.15, -0.1) is 0 Å². The van der Waals surface area contributed by atoms with Gasteiger partial charge >= 0.3 is 0 Å². The van der Waals surface area contributed by atoms with Crippen molar-refractivity contribution in [1.29, 1.82) is 0 Å². The molecule has 0 unspecified atom stereocenters. The summed E-state index contributed by atoms with van der Waals surface area (Å²) in [7, 11) is 2.03. The fraction of sp³-hybridized carbons (Fsp3) is 0.412. The Hall–Kier alpha value is -1.45. The quantitative estimate of drug-likeness (QED) is 0.884. The van der Waals surface area contributed by atoms with Crippen LogP contribution in [0.4, 0.5) is 5.69 Å². The molecule has 1 heterocycles. The molecule has 114 valence electrons. The molecule has 0 fully saturated rings. The largest absolute Gasteiger partial charge is 0.467 e. The van der Waals surface area contributed by atoms with E-state index in [1.807, 2.05) is 25.2 Å². The van der Waals surface area contributed by atoms with Crippen molar-refractivity contribution in [1.82, 2.24) is 5.32 Å². The van der Waals surface area contributed by atoms with Gasteiger partial charge in [0.1, 0.15) is 5.76 Å². The van der Waals surface area contributed by atoms with E-state index in [1.54, 1.807) is 6.26 Å². The summed E-state index contributed by atoms with van der Waals surface area (Å²) in [6, 6.07) is 10.0. The van der Waals surface area contributed by atoms with Crippen LogP contribution >= 0.6 is 11.6 Å². The van der Waals surface area contributed by atoms with Crippen LogP contribution in [0.2, 0.25) is 5.02 Å². The second-order valence-electron chi connectivity index (χ2n) is 6.31. The third kappa shape index (κ3) is 4.80. The standard InChI is InChI=1S/C17H23ClN2O/c1-17(2,3)19-11-13-7-8-14(10-16(13)18)20(4)12-15-6-5-9-21-15/h5-10,19H,11-12H2,1-4H3. The molecule has 0 spiro atoms. The van der Waals surface area contributed by atoms with E-state index >= 15 is 0 Å². The zero-order valence-corrected chi connectivity index (χ0v) is 13.9. The molecule has 4 heteroatoms. The molecular weight excluding hydrogens is 284 g/mol. The number of nitrogens with one attached hydrogen (secondary N) is 1. The van der Waals surface area contributed by atoms with Crippen LogP contribution in [-0.4, -0.2) is 12.6 Å². The van der Waals surface area contributed by atoms with Gasteiger partial charge in [-0.25, -0.2) is 0 Å². The van der Waals surface area contributed by atoms with Crippen LogP contribution in [0, 0.1) is 0 Å². The highest BCUT2D eigenvalue weighted by Gasteiger charge is 2.11. The van der Waals surface area contributed by atoms with Crippen LogP contribution in [0.5, 0.6) is 0 Å². The Kier molecular flexibility index (Phi) is 4.96. The van der Waals surface area contributed by atoms with Gasteiger partial charge in [0.05, 0.1) is 12.8 Å². The summed E-state index contributed by atoms with van der Waals surface area (Å²) in [5, 5.41) is 4.24. The Morgan fingerprint density at radius 3 is 2.57 bits per heavy atom. The first-order valence-corrected chi connectivity index (χ1v) is 7.50. The molecule has 0 amide bonds. The summed E-state index contributed by atoms with van der Waals surface area (Å²) in [5.41, 5.74) is 2.27. The number of hydrogen-bond donors (Lipinski definition) is 1. The lowest BCUT2D eigenvalue weighted by Gasteiger charge is -2.22. The van der Waals surface area contributed by atoms with Crippen molar-refractivity contribution in [3.63, 3.8) is 0 Å². The maximum absolute atomic E-state index is 6.39. The molecule has 0 atom stereocenters. The second kappa shape index (κ2) is 6.54. The molecule has 3 nitrogen and oxygen atoms in total. The van der Waals surface area contributed by atoms with E-state index in [9.17, 15) is 0 Å². The Balaban J connectivity index is 2.04. The van der Waals surface area contributed by atoms with Crippen LogP contribution in [-0.2, 0) is 13.1 Å². The van der Waals surface area contributed by atoms with Crippen LogP contribution in [0.3, 0.4) is 0 Å². The smallest absolute Gasteiger partial charge is 0.123 e.